The van der Waals surface area contributed by atoms with Gasteiger partial charge in [0, 0.05) is 0 Å². The molecule has 0 aliphatic carbocycles. The molecule has 4 heteroatoms. The summed E-state index contributed by atoms with van der Waals surface area (Å²) in [5, 5.41) is 0. The van der Waals surface area contributed by atoms with Crippen LogP contribution in [0.2, 0.25) is 0 Å². The Labute approximate surface area is 32.5 Å². The van der Waals surface area contributed by atoms with Gasteiger partial charge in [-0.15, -0.1) is 0 Å². The van der Waals surface area contributed by atoms with Gasteiger partial charge < -0.3 is 0 Å². The third kappa shape index (κ3) is 24.9. The fourth-order valence-corrected chi connectivity index (χ4v) is 0. The van der Waals surface area contributed by atoms with Crippen molar-refractivity contribution < 1.29 is 9.13 Å². The first kappa shape index (κ1) is 4.46. The van der Waals surface area contributed by atoms with Crippen LogP contribution in [0.1, 0.15) is 0 Å². The summed E-state index contributed by atoms with van der Waals surface area (Å²) in [6, 6.07) is 0. The van der Waals surface area contributed by atoms with Crippen LogP contribution in [0.4, 0.5) is 0 Å². The Hall–Kier alpha value is 0.458. The predicted molar refractivity (Wildman–Crippen MR) is 14.0 cm³/mol. The summed E-state index contributed by atoms with van der Waals surface area (Å²) >= 11 is 1.49. The zero-order valence-electron chi connectivity index (χ0n) is 1.71. The van der Waals surface area contributed by atoms with Crippen LogP contribution >= 0.6 is 6.24 Å². The SMILES string of the molecule is O=P(=O)[As]. The number of rotatable bonds is 0. The molecule has 0 aromatic rings. The molecule has 0 aromatic carbocycles. The molecule has 0 aliphatic heterocycles. The molecule has 0 fully saturated rings. The van der Waals surface area contributed by atoms with E-state index in [1.807, 2.05) is 0 Å². The Balaban J connectivity index is 3.51. The van der Waals surface area contributed by atoms with Crippen LogP contribution in [0.25, 0.3) is 0 Å². The van der Waals surface area contributed by atoms with Crippen LogP contribution < -0.4 is 0 Å². The minimum atomic E-state index is -2.18. The van der Waals surface area contributed by atoms with E-state index in [2.05, 4.69) is 0 Å². The molecule has 4 heavy (non-hydrogen) atoms. The fraction of sp³-hybridized carbons (Fsp3) is 0. The van der Waals surface area contributed by atoms with Gasteiger partial charge in [-0.3, -0.25) is 0 Å². The molecule has 0 bridgehead atoms. The van der Waals surface area contributed by atoms with Crippen LogP contribution in [0.15, 0.2) is 0 Å². The van der Waals surface area contributed by atoms with E-state index in [4.69, 9.17) is 9.13 Å². The Morgan fingerprint density at radius 1 is 1.50 bits per heavy atom. The standard InChI is InChI=1S/AsO2P/c1-4(2)3. The molecule has 22 valence electrons. The van der Waals surface area contributed by atoms with Crippen molar-refractivity contribution >= 4 is 22.6 Å². The molecule has 2 radical (unpaired) electrons. The summed E-state index contributed by atoms with van der Waals surface area (Å²) in [6.45, 7) is 0. The Bertz CT molecular complexity index is 54.4. The van der Waals surface area contributed by atoms with Gasteiger partial charge in [-0.1, -0.05) is 0 Å². The first-order chi connectivity index (χ1) is 1.73. The molecule has 0 aromatic heterocycles. The normalized spacial score (nSPS) is 6.25. The van der Waals surface area contributed by atoms with Gasteiger partial charge in [-0.2, -0.15) is 0 Å². The van der Waals surface area contributed by atoms with Gasteiger partial charge in [-0.05, 0) is 0 Å². The van der Waals surface area contributed by atoms with E-state index in [0.717, 1.165) is 0 Å². The summed E-state index contributed by atoms with van der Waals surface area (Å²) < 4.78 is 18.0. The second-order valence-electron chi connectivity index (χ2n) is 0.238. The van der Waals surface area contributed by atoms with Crippen molar-refractivity contribution in [2.24, 2.45) is 0 Å². The molecule has 0 saturated heterocycles. The maximum absolute atomic E-state index is 9.01. The van der Waals surface area contributed by atoms with E-state index in [1.54, 1.807) is 0 Å². The van der Waals surface area contributed by atoms with Gasteiger partial charge in [-0.25, -0.2) is 0 Å². The summed E-state index contributed by atoms with van der Waals surface area (Å²) in [6.07, 6.45) is -2.18. The van der Waals surface area contributed by atoms with E-state index >= 15 is 0 Å². The third-order valence-electron chi connectivity index (χ3n) is 0. The Morgan fingerprint density at radius 3 is 1.50 bits per heavy atom. The van der Waals surface area contributed by atoms with Crippen molar-refractivity contribution in [1.82, 2.24) is 0 Å². The predicted octanol–water partition coefficient (Wildman–Crippen LogP) is 0.243. The van der Waals surface area contributed by atoms with E-state index in [0.29, 0.717) is 0 Å². The van der Waals surface area contributed by atoms with Crippen LogP contribution in [-0.2, 0) is 9.13 Å². The van der Waals surface area contributed by atoms with Gasteiger partial charge in [0.15, 0.2) is 0 Å². The van der Waals surface area contributed by atoms with Crippen LogP contribution in [-0.4, -0.2) is 16.4 Å². The number of hydrogen-bond donors (Lipinski definition) is 0. The van der Waals surface area contributed by atoms with Gasteiger partial charge >= 0.3 is 31.8 Å². The molecule has 0 aliphatic rings. The van der Waals surface area contributed by atoms with Crippen molar-refractivity contribution in [3.05, 3.63) is 0 Å². The van der Waals surface area contributed by atoms with E-state index < -0.39 is 6.24 Å². The summed E-state index contributed by atoms with van der Waals surface area (Å²) in [5.74, 6) is 0. The van der Waals surface area contributed by atoms with Gasteiger partial charge in [0.05, 0.1) is 0 Å². The minimum absolute atomic E-state index is 1.49. The first-order valence-electron chi connectivity index (χ1n) is 0.565. The van der Waals surface area contributed by atoms with E-state index in [-0.39, 0.29) is 0 Å². The number of hydrogen-bond acceptors (Lipinski definition) is 2. The third-order valence-corrected chi connectivity index (χ3v) is 0. The van der Waals surface area contributed by atoms with Gasteiger partial charge in [0.25, 0.3) is 0 Å². The Morgan fingerprint density at radius 2 is 1.50 bits per heavy atom. The second-order valence-corrected chi connectivity index (χ2v) is 2.77. The topological polar surface area (TPSA) is 34.1 Å². The average Bonchev–Trinajstić information content (AvgIpc) is 0.811. The van der Waals surface area contributed by atoms with Crippen molar-refractivity contribution in [2.45, 2.75) is 0 Å². The monoisotopic (exact) mass is 138 g/mol. The Kier molecular flexibility index (Phi) is 1.95. The van der Waals surface area contributed by atoms with E-state index in [1.165, 1.54) is 16.4 Å². The van der Waals surface area contributed by atoms with Crippen molar-refractivity contribution in [3.8, 4) is 0 Å². The van der Waals surface area contributed by atoms with Crippen LogP contribution in [0.5, 0.6) is 0 Å². The molecule has 0 amide bonds. The van der Waals surface area contributed by atoms with Crippen molar-refractivity contribution in [3.63, 3.8) is 0 Å². The molecular formula is AsO2P. The zero-order valence-corrected chi connectivity index (χ0v) is 4.48. The van der Waals surface area contributed by atoms with Crippen molar-refractivity contribution in [2.75, 3.05) is 0 Å². The second kappa shape index (κ2) is 1.75. The molecule has 0 unspecified atom stereocenters. The summed E-state index contributed by atoms with van der Waals surface area (Å²) in [7, 11) is 0. The fourth-order valence-electron chi connectivity index (χ4n) is 0. The summed E-state index contributed by atoms with van der Waals surface area (Å²) in [5.41, 5.74) is 0. The maximum atomic E-state index is 9.01. The molecule has 0 N–H and O–H groups in total. The van der Waals surface area contributed by atoms with Crippen LogP contribution in [0, 0.1) is 0 Å². The van der Waals surface area contributed by atoms with Gasteiger partial charge in [0.1, 0.15) is 0 Å². The van der Waals surface area contributed by atoms with E-state index in [9.17, 15) is 0 Å². The van der Waals surface area contributed by atoms with Crippen molar-refractivity contribution in [1.29, 1.82) is 0 Å². The molecule has 0 rings (SSSR count). The van der Waals surface area contributed by atoms with Gasteiger partial charge in [0.2, 0.25) is 0 Å². The van der Waals surface area contributed by atoms with Crippen LogP contribution in [0.3, 0.4) is 0 Å². The average molecular weight is 138 g/mol. The zero-order chi connectivity index (χ0) is 3.58. The first-order valence-corrected chi connectivity index (χ1v) is 4.21. The molecule has 0 heterocycles. The molecule has 0 spiro atoms. The summed E-state index contributed by atoms with van der Waals surface area (Å²) in [4.78, 5) is 0. The quantitative estimate of drug-likeness (QED) is 0.355. The molecule has 0 atom stereocenters. The molecular weight excluding hydrogens is 138 g/mol. The molecule has 0 saturated carbocycles. The molecule has 2 nitrogen and oxygen atoms in total.